The van der Waals surface area contributed by atoms with E-state index in [0.29, 0.717) is 6.07 Å². The first-order valence-corrected chi connectivity index (χ1v) is 6.13. The molecule has 0 saturated heterocycles. The van der Waals surface area contributed by atoms with E-state index in [9.17, 15) is 22.0 Å². The maximum atomic E-state index is 13.3. The molecule has 0 bridgehead atoms. The van der Waals surface area contributed by atoms with Crippen molar-refractivity contribution in [2.24, 2.45) is 5.16 Å². The topological polar surface area (TPSA) is 21.6 Å². The van der Waals surface area contributed by atoms with E-state index in [2.05, 4.69) is 5.16 Å². The van der Waals surface area contributed by atoms with E-state index in [1.165, 1.54) is 18.2 Å². The fraction of sp³-hybridized carbons (Fsp3) is 0.133. The number of alkyl halides is 3. The smallest absolute Gasteiger partial charge is 0.391 e. The predicted octanol–water partition coefficient (Wildman–Crippen LogP) is 4.53. The maximum Gasteiger partial charge on any atom is 0.416 e. The van der Waals surface area contributed by atoms with Crippen molar-refractivity contribution in [3.63, 3.8) is 0 Å². The number of halogens is 5. The minimum atomic E-state index is -4.44. The Morgan fingerprint density at radius 3 is 2.50 bits per heavy atom. The van der Waals surface area contributed by atoms with Crippen molar-refractivity contribution in [3.05, 3.63) is 70.8 Å². The second-order valence-electron chi connectivity index (χ2n) is 4.37. The van der Waals surface area contributed by atoms with Gasteiger partial charge in [-0.25, -0.2) is 8.78 Å². The van der Waals surface area contributed by atoms with Crippen molar-refractivity contribution >= 4 is 6.21 Å². The zero-order valence-corrected chi connectivity index (χ0v) is 11.1. The number of benzene rings is 2. The highest BCUT2D eigenvalue weighted by Crippen LogP contribution is 2.29. The van der Waals surface area contributed by atoms with Gasteiger partial charge in [0.1, 0.15) is 18.2 Å². The fourth-order valence-electron chi connectivity index (χ4n) is 1.64. The second kappa shape index (κ2) is 6.55. The summed E-state index contributed by atoms with van der Waals surface area (Å²) in [6, 6.07) is 7.47. The number of nitrogens with zero attached hydrogens (tertiary/aromatic N) is 1. The molecule has 2 nitrogen and oxygen atoms in total. The molecule has 22 heavy (non-hydrogen) atoms. The number of hydrogen-bond donors (Lipinski definition) is 0. The number of rotatable bonds is 4. The maximum absolute atomic E-state index is 13.3. The van der Waals surface area contributed by atoms with Gasteiger partial charge in [0.05, 0.1) is 11.8 Å². The molecule has 0 aliphatic heterocycles. The largest absolute Gasteiger partial charge is 0.416 e. The van der Waals surface area contributed by atoms with Crippen LogP contribution < -0.4 is 0 Å². The van der Waals surface area contributed by atoms with Crippen LogP contribution in [0.2, 0.25) is 0 Å². The molecule has 0 fully saturated rings. The minimum Gasteiger partial charge on any atom is -0.391 e. The van der Waals surface area contributed by atoms with Crippen LogP contribution in [-0.2, 0) is 17.6 Å². The van der Waals surface area contributed by atoms with Crippen molar-refractivity contribution in [2.75, 3.05) is 0 Å². The highest BCUT2D eigenvalue weighted by atomic mass is 19.4. The first kappa shape index (κ1) is 15.9. The van der Waals surface area contributed by atoms with Crippen molar-refractivity contribution in [1.82, 2.24) is 0 Å². The molecule has 0 heterocycles. The molecule has 0 amide bonds. The van der Waals surface area contributed by atoms with Gasteiger partial charge in [-0.3, -0.25) is 0 Å². The van der Waals surface area contributed by atoms with E-state index in [0.717, 1.165) is 24.4 Å². The summed E-state index contributed by atoms with van der Waals surface area (Å²) in [6.45, 7) is -0.262. The van der Waals surface area contributed by atoms with E-state index >= 15 is 0 Å². The Balaban J connectivity index is 1.98. The number of hydrogen-bond acceptors (Lipinski definition) is 2. The van der Waals surface area contributed by atoms with E-state index in [-0.39, 0.29) is 17.7 Å². The number of oxime groups is 1. The average Bonchev–Trinajstić information content (AvgIpc) is 2.45. The predicted molar refractivity (Wildman–Crippen MR) is 70.2 cm³/mol. The summed E-state index contributed by atoms with van der Waals surface area (Å²) in [4.78, 5) is 4.80. The Bertz CT molecular complexity index is 682. The van der Waals surface area contributed by atoms with E-state index in [1.807, 2.05) is 0 Å². The van der Waals surface area contributed by atoms with Crippen molar-refractivity contribution in [2.45, 2.75) is 12.8 Å². The molecule has 0 aliphatic rings. The average molecular weight is 315 g/mol. The van der Waals surface area contributed by atoms with Crippen LogP contribution in [0.5, 0.6) is 0 Å². The van der Waals surface area contributed by atoms with Crippen molar-refractivity contribution in [1.29, 1.82) is 0 Å². The van der Waals surface area contributed by atoms with Gasteiger partial charge < -0.3 is 4.84 Å². The zero-order chi connectivity index (χ0) is 16.2. The normalized spacial score (nSPS) is 11.9. The van der Waals surface area contributed by atoms with Gasteiger partial charge in [0.25, 0.3) is 0 Å². The molecule has 2 aromatic rings. The Morgan fingerprint density at radius 1 is 1.05 bits per heavy atom. The first-order valence-electron chi connectivity index (χ1n) is 6.13. The molecule has 116 valence electrons. The fourth-order valence-corrected chi connectivity index (χ4v) is 1.64. The summed E-state index contributed by atoms with van der Waals surface area (Å²) in [7, 11) is 0. The Kier molecular flexibility index (Phi) is 4.75. The van der Waals surface area contributed by atoms with Gasteiger partial charge in [0, 0.05) is 11.6 Å². The van der Waals surface area contributed by atoms with Crippen LogP contribution in [0.25, 0.3) is 0 Å². The molecule has 2 aromatic carbocycles. The van der Waals surface area contributed by atoms with Gasteiger partial charge in [-0.2, -0.15) is 13.2 Å². The molecular formula is C15H10F5NO. The molecule has 0 atom stereocenters. The molecule has 0 unspecified atom stereocenters. The van der Waals surface area contributed by atoms with Gasteiger partial charge in [-0.15, -0.1) is 0 Å². The zero-order valence-electron chi connectivity index (χ0n) is 11.1. The Morgan fingerprint density at radius 2 is 1.82 bits per heavy atom. The second-order valence-corrected chi connectivity index (χ2v) is 4.37. The molecule has 0 spiro atoms. The lowest BCUT2D eigenvalue weighted by atomic mass is 10.1. The third kappa shape index (κ3) is 4.28. The van der Waals surface area contributed by atoms with Gasteiger partial charge in [-0.05, 0) is 29.8 Å². The lowest BCUT2D eigenvalue weighted by Crippen LogP contribution is -2.05. The SMILES string of the molecule is Fc1ccc(CON=Cc2cccc(C(F)(F)F)c2)c(F)c1. The molecule has 0 aliphatic carbocycles. The molecule has 0 N–H and O–H groups in total. The van der Waals surface area contributed by atoms with E-state index < -0.39 is 23.4 Å². The Hall–Kier alpha value is -2.44. The molecule has 0 radical (unpaired) electrons. The highest BCUT2D eigenvalue weighted by molar-refractivity contribution is 5.79. The summed E-state index contributed by atoms with van der Waals surface area (Å²) in [5.74, 6) is -1.50. The van der Waals surface area contributed by atoms with Crippen LogP contribution in [-0.4, -0.2) is 6.21 Å². The summed E-state index contributed by atoms with van der Waals surface area (Å²) >= 11 is 0. The van der Waals surface area contributed by atoms with Crippen molar-refractivity contribution < 1.29 is 26.8 Å². The minimum absolute atomic E-state index is 0.0857. The third-order valence-electron chi connectivity index (χ3n) is 2.73. The van der Waals surface area contributed by atoms with Gasteiger partial charge in [-0.1, -0.05) is 17.3 Å². The van der Waals surface area contributed by atoms with Crippen LogP contribution in [0.1, 0.15) is 16.7 Å². The van der Waals surface area contributed by atoms with Crippen LogP contribution in [0.3, 0.4) is 0 Å². The first-order chi connectivity index (χ1) is 10.4. The lowest BCUT2D eigenvalue weighted by Gasteiger charge is -2.06. The third-order valence-corrected chi connectivity index (χ3v) is 2.73. The standard InChI is InChI=1S/C15H10F5NO/c16-13-5-4-11(14(17)7-13)9-22-21-8-10-2-1-3-12(6-10)15(18,19)20/h1-8H,9H2. The Labute approximate surface area is 122 Å². The molecule has 0 aromatic heterocycles. The summed E-state index contributed by atoms with van der Waals surface area (Å²) in [6.07, 6.45) is -3.36. The molecular weight excluding hydrogens is 305 g/mol. The van der Waals surface area contributed by atoms with Crippen LogP contribution in [0, 0.1) is 11.6 Å². The van der Waals surface area contributed by atoms with Gasteiger partial charge >= 0.3 is 6.18 Å². The van der Waals surface area contributed by atoms with Gasteiger partial charge in [0.2, 0.25) is 0 Å². The quantitative estimate of drug-likeness (QED) is 0.461. The van der Waals surface area contributed by atoms with Crippen LogP contribution in [0.4, 0.5) is 22.0 Å². The summed E-state index contributed by atoms with van der Waals surface area (Å²) < 4.78 is 63.5. The highest BCUT2D eigenvalue weighted by Gasteiger charge is 2.30. The van der Waals surface area contributed by atoms with E-state index in [1.54, 1.807) is 0 Å². The monoisotopic (exact) mass is 315 g/mol. The van der Waals surface area contributed by atoms with Crippen LogP contribution >= 0.6 is 0 Å². The molecule has 2 rings (SSSR count). The van der Waals surface area contributed by atoms with Crippen molar-refractivity contribution in [3.8, 4) is 0 Å². The van der Waals surface area contributed by atoms with Gasteiger partial charge in [0.15, 0.2) is 0 Å². The molecule has 0 saturated carbocycles. The van der Waals surface area contributed by atoms with E-state index in [4.69, 9.17) is 4.84 Å². The van der Waals surface area contributed by atoms with Crippen LogP contribution in [0.15, 0.2) is 47.6 Å². The summed E-state index contributed by atoms with van der Waals surface area (Å²) in [5.41, 5.74) is -0.530. The lowest BCUT2D eigenvalue weighted by molar-refractivity contribution is -0.137. The molecule has 7 heteroatoms. The summed E-state index contributed by atoms with van der Waals surface area (Å²) in [5, 5.41) is 3.47.